The van der Waals surface area contributed by atoms with Gasteiger partial charge in [0.15, 0.2) is 5.78 Å². The summed E-state index contributed by atoms with van der Waals surface area (Å²) in [5.74, 6) is 1.02. The maximum atomic E-state index is 12.7. The van der Waals surface area contributed by atoms with Crippen LogP contribution in [0, 0.1) is 13.8 Å². The molecule has 0 aliphatic carbocycles. The zero-order valence-corrected chi connectivity index (χ0v) is 17.8. The van der Waals surface area contributed by atoms with Gasteiger partial charge in [0.1, 0.15) is 11.4 Å². The van der Waals surface area contributed by atoms with E-state index in [0.29, 0.717) is 44.3 Å². The van der Waals surface area contributed by atoms with Crippen LogP contribution in [0.3, 0.4) is 0 Å². The van der Waals surface area contributed by atoms with Crippen molar-refractivity contribution in [2.45, 2.75) is 45.1 Å². The van der Waals surface area contributed by atoms with E-state index >= 15 is 0 Å². The molecule has 0 N–H and O–H groups in total. The molecule has 1 saturated heterocycles. The average Bonchev–Trinajstić information content (AvgIpc) is 2.67. The third-order valence-corrected chi connectivity index (χ3v) is 6.60. The van der Waals surface area contributed by atoms with E-state index in [0.717, 1.165) is 26.9 Å². The Bertz CT molecular complexity index is 928. The lowest BCUT2D eigenvalue weighted by molar-refractivity contribution is -0.134. The predicted molar refractivity (Wildman–Crippen MR) is 112 cm³/mol. The van der Waals surface area contributed by atoms with Gasteiger partial charge >= 0.3 is 0 Å². The Hall–Kier alpha value is -2.14. The number of hydrogen-bond donors (Lipinski definition) is 0. The number of ketones is 1. The summed E-state index contributed by atoms with van der Waals surface area (Å²) < 4.78 is 7.45. The van der Waals surface area contributed by atoms with Crippen LogP contribution in [0.1, 0.15) is 46.3 Å². The molecule has 2 aromatic carbocycles. The van der Waals surface area contributed by atoms with E-state index in [2.05, 4.69) is 15.9 Å². The summed E-state index contributed by atoms with van der Waals surface area (Å²) in [6.07, 6.45) is 2.19. The number of Topliss-reactive ketones (excluding diaryl/α,β-unsaturated/α-hetero) is 1. The van der Waals surface area contributed by atoms with Gasteiger partial charge in [-0.3, -0.25) is 9.59 Å². The van der Waals surface area contributed by atoms with Crippen LogP contribution in [0.25, 0.3) is 0 Å². The molecule has 4 rings (SSSR count). The van der Waals surface area contributed by atoms with Gasteiger partial charge in [0, 0.05) is 30.4 Å². The summed E-state index contributed by atoms with van der Waals surface area (Å²) in [5.41, 5.74) is 3.40. The first-order valence-electron chi connectivity index (χ1n) is 9.71. The Kier molecular flexibility index (Phi) is 5.04. The molecule has 2 aliphatic rings. The Morgan fingerprint density at radius 3 is 2.46 bits per heavy atom. The lowest BCUT2D eigenvalue weighted by atomic mass is 9.81. The standard InChI is InChI=1S/C23H24BrNO3/c1-15-3-8-19-20(26)14-23(28-22(19)16(15)2)9-11-25(12-10-23)21(27)13-17-4-6-18(24)7-5-17/h3-8H,9-14H2,1-2H3. The summed E-state index contributed by atoms with van der Waals surface area (Å²) in [4.78, 5) is 27.3. The minimum atomic E-state index is -0.475. The number of carbonyl (C=O) groups is 2. The molecule has 2 aromatic rings. The van der Waals surface area contributed by atoms with Crippen molar-refractivity contribution in [3.05, 3.63) is 63.1 Å². The molecule has 0 bridgehead atoms. The lowest BCUT2D eigenvalue weighted by Crippen LogP contribution is -2.52. The highest BCUT2D eigenvalue weighted by molar-refractivity contribution is 9.10. The van der Waals surface area contributed by atoms with E-state index in [1.807, 2.05) is 55.1 Å². The molecule has 0 unspecified atom stereocenters. The first-order valence-corrected chi connectivity index (χ1v) is 10.5. The molecule has 1 spiro atoms. The number of aryl methyl sites for hydroxylation is 1. The Balaban J connectivity index is 1.45. The summed E-state index contributed by atoms with van der Waals surface area (Å²) >= 11 is 3.42. The summed E-state index contributed by atoms with van der Waals surface area (Å²) in [5, 5.41) is 0. The molecule has 2 aliphatic heterocycles. The first kappa shape index (κ1) is 19.2. The number of halogens is 1. The second-order valence-electron chi connectivity index (χ2n) is 7.95. The van der Waals surface area contributed by atoms with Gasteiger partial charge in [-0.05, 0) is 48.7 Å². The minimum absolute atomic E-state index is 0.131. The number of ether oxygens (including phenoxy) is 1. The molecule has 146 valence electrons. The van der Waals surface area contributed by atoms with Gasteiger partial charge < -0.3 is 9.64 Å². The summed E-state index contributed by atoms with van der Waals surface area (Å²) in [6.45, 7) is 5.30. The van der Waals surface area contributed by atoms with Crippen molar-refractivity contribution in [1.82, 2.24) is 4.90 Å². The van der Waals surface area contributed by atoms with E-state index in [-0.39, 0.29) is 11.7 Å². The van der Waals surface area contributed by atoms with Crippen molar-refractivity contribution in [2.24, 2.45) is 0 Å². The van der Waals surface area contributed by atoms with Crippen LogP contribution >= 0.6 is 15.9 Å². The second-order valence-corrected chi connectivity index (χ2v) is 8.87. The quantitative estimate of drug-likeness (QED) is 0.681. The monoisotopic (exact) mass is 441 g/mol. The van der Waals surface area contributed by atoms with Gasteiger partial charge in [-0.1, -0.05) is 34.1 Å². The second kappa shape index (κ2) is 7.36. The fourth-order valence-electron chi connectivity index (χ4n) is 4.11. The van der Waals surface area contributed by atoms with E-state index < -0.39 is 5.60 Å². The van der Waals surface area contributed by atoms with Crippen LogP contribution < -0.4 is 4.74 Å². The first-order chi connectivity index (χ1) is 13.4. The lowest BCUT2D eigenvalue weighted by Gasteiger charge is -2.44. The van der Waals surface area contributed by atoms with E-state index in [9.17, 15) is 9.59 Å². The highest BCUT2D eigenvalue weighted by Gasteiger charge is 2.44. The molecule has 1 fully saturated rings. The van der Waals surface area contributed by atoms with Crippen LogP contribution in [0.4, 0.5) is 0 Å². The normalized spacial score (nSPS) is 18.0. The van der Waals surface area contributed by atoms with Crippen molar-refractivity contribution in [2.75, 3.05) is 13.1 Å². The van der Waals surface area contributed by atoms with Crippen LogP contribution in [-0.4, -0.2) is 35.3 Å². The van der Waals surface area contributed by atoms with Gasteiger partial charge in [-0.25, -0.2) is 0 Å². The van der Waals surface area contributed by atoms with Gasteiger partial charge in [-0.2, -0.15) is 0 Å². The number of rotatable bonds is 2. The third-order valence-electron chi connectivity index (χ3n) is 6.07. The van der Waals surface area contributed by atoms with Crippen LogP contribution in [0.5, 0.6) is 5.75 Å². The average molecular weight is 442 g/mol. The van der Waals surface area contributed by atoms with Crippen molar-refractivity contribution < 1.29 is 14.3 Å². The molecule has 2 heterocycles. The fraction of sp³-hybridized carbons (Fsp3) is 0.391. The number of amides is 1. The van der Waals surface area contributed by atoms with E-state index in [4.69, 9.17) is 4.74 Å². The highest BCUT2D eigenvalue weighted by atomic mass is 79.9. The summed E-state index contributed by atoms with van der Waals surface area (Å²) in [7, 11) is 0. The molecule has 0 radical (unpaired) electrons. The number of benzene rings is 2. The Labute approximate surface area is 174 Å². The van der Waals surface area contributed by atoms with Crippen molar-refractivity contribution >= 4 is 27.6 Å². The fourth-order valence-corrected chi connectivity index (χ4v) is 4.38. The van der Waals surface area contributed by atoms with Crippen molar-refractivity contribution in [1.29, 1.82) is 0 Å². The molecule has 0 aromatic heterocycles. The molecule has 5 heteroatoms. The van der Waals surface area contributed by atoms with Gasteiger partial charge in [0.25, 0.3) is 0 Å². The van der Waals surface area contributed by atoms with Gasteiger partial charge in [-0.15, -0.1) is 0 Å². The van der Waals surface area contributed by atoms with Crippen LogP contribution in [0.15, 0.2) is 40.9 Å². The SMILES string of the molecule is Cc1ccc2c(c1C)OC1(CCN(C(=O)Cc3ccc(Br)cc3)CC1)CC2=O. The highest BCUT2D eigenvalue weighted by Crippen LogP contribution is 2.41. The molecular weight excluding hydrogens is 418 g/mol. The Morgan fingerprint density at radius 1 is 1.11 bits per heavy atom. The number of likely N-dealkylation sites (tertiary alicyclic amines) is 1. The van der Waals surface area contributed by atoms with Crippen LogP contribution in [0.2, 0.25) is 0 Å². The maximum absolute atomic E-state index is 12.7. The summed E-state index contributed by atoms with van der Waals surface area (Å²) in [6, 6.07) is 11.7. The number of carbonyl (C=O) groups excluding carboxylic acids is 2. The van der Waals surface area contributed by atoms with Crippen LogP contribution in [-0.2, 0) is 11.2 Å². The Morgan fingerprint density at radius 2 is 1.79 bits per heavy atom. The smallest absolute Gasteiger partial charge is 0.226 e. The zero-order valence-electron chi connectivity index (χ0n) is 16.3. The number of fused-ring (bicyclic) bond motifs is 1. The molecule has 0 saturated carbocycles. The topological polar surface area (TPSA) is 46.6 Å². The largest absolute Gasteiger partial charge is 0.486 e. The molecule has 4 nitrogen and oxygen atoms in total. The number of nitrogens with zero attached hydrogens (tertiary/aromatic N) is 1. The molecule has 0 atom stereocenters. The number of hydrogen-bond acceptors (Lipinski definition) is 3. The van der Waals surface area contributed by atoms with Crippen molar-refractivity contribution in [3.8, 4) is 5.75 Å². The maximum Gasteiger partial charge on any atom is 0.226 e. The molecular formula is C23H24BrNO3. The van der Waals surface area contributed by atoms with Crippen molar-refractivity contribution in [3.63, 3.8) is 0 Å². The molecule has 28 heavy (non-hydrogen) atoms. The van der Waals surface area contributed by atoms with E-state index in [1.54, 1.807) is 0 Å². The minimum Gasteiger partial charge on any atom is -0.486 e. The molecule has 1 amide bonds. The van der Waals surface area contributed by atoms with Gasteiger partial charge in [0.2, 0.25) is 5.91 Å². The van der Waals surface area contributed by atoms with E-state index in [1.165, 1.54) is 0 Å². The third kappa shape index (κ3) is 3.60. The van der Waals surface area contributed by atoms with Gasteiger partial charge in [0.05, 0.1) is 18.4 Å². The predicted octanol–water partition coefficient (Wildman–Crippen LogP) is 4.64. The number of piperidine rings is 1. The zero-order chi connectivity index (χ0) is 19.9.